The molecule has 2 heterocycles. The highest BCUT2D eigenvalue weighted by atomic mass is 32.2. The molecular formula is C10H8N3S+. The van der Waals surface area contributed by atoms with Crippen molar-refractivity contribution in [1.82, 2.24) is 14.7 Å². The van der Waals surface area contributed by atoms with Crippen molar-refractivity contribution in [2.75, 3.05) is 0 Å². The van der Waals surface area contributed by atoms with Gasteiger partial charge in [-0.25, -0.2) is 4.98 Å². The summed E-state index contributed by atoms with van der Waals surface area (Å²) in [5.41, 5.74) is 0. The Kier molecular flexibility index (Phi) is 3.10. The van der Waals surface area contributed by atoms with Gasteiger partial charge in [-0.1, -0.05) is 12.1 Å². The van der Waals surface area contributed by atoms with Crippen LogP contribution in [0.2, 0.25) is 0 Å². The van der Waals surface area contributed by atoms with Crippen LogP contribution in [0, 0.1) is 0 Å². The van der Waals surface area contributed by atoms with Gasteiger partial charge in [0, 0.05) is 18.5 Å². The average molecular weight is 202 g/mol. The van der Waals surface area contributed by atoms with Crippen LogP contribution < -0.4 is 4.72 Å². The molecule has 0 saturated heterocycles. The maximum Gasteiger partial charge on any atom is 0.357 e. The van der Waals surface area contributed by atoms with E-state index in [1.807, 2.05) is 36.4 Å². The van der Waals surface area contributed by atoms with Crippen molar-refractivity contribution in [2.45, 2.75) is 5.03 Å². The van der Waals surface area contributed by atoms with E-state index in [0.717, 1.165) is 5.03 Å². The molecule has 0 unspecified atom stereocenters. The lowest BCUT2D eigenvalue weighted by atomic mass is 10.5. The SMILES string of the molecule is c1ccc([N+]Sc2ccccn2)nc1. The topological polar surface area (TPSA) is 39.9 Å². The van der Waals surface area contributed by atoms with Crippen LogP contribution in [0.5, 0.6) is 0 Å². The van der Waals surface area contributed by atoms with Crippen molar-refractivity contribution in [3.8, 4) is 0 Å². The molecule has 0 aliphatic carbocycles. The van der Waals surface area contributed by atoms with Gasteiger partial charge in [-0.15, -0.1) is 0 Å². The third-order valence-electron chi connectivity index (χ3n) is 1.52. The van der Waals surface area contributed by atoms with Crippen LogP contribution in [0.3, 0.4) is 0 Å². The van der Waals surface area contributed by atoms with Gasteiger partial charge in [0.1, 0.15) is 0 Å². The summed E-state index contributed by atoms with van der Waals surface area (Å²) >= 11 is 1.32. The zero-order valence-electron chi connectivity index (χ0n) is 7.37. The smallest absolute Gasteiger partial charge is 0.244 e. The maximum absolute atomic E-state index is 4.22. The molecule has 0 aliphatic heterocycles. The fourth-order valence-electron chi connectivity index (χ4n) is 0.902. The summed E-state index contributed by atoms with van der Waals surface area (Å²) in [6.07, 6.45) is 3.47. The first-order valence-corrected chi connectivity index (χ1v) is 4.92. The first-order chi connectivity index (χ1) is 6.95. The van der Waals surface area contributed by atoms with Gasteiger partial charge >= 0.3 is 5.82 Å². The molecule has 68 valence electrons. The molecule has 0 spiro atoms. The lowest BCUT2D eigenvalue weighted by Gasteiger charge is -1.85. The van der Waals surface area contributed by atoms with Crippen molar-refractivity contribution in [3.05, 3.63) is 48.8 Å². The lowest BCUT2D eigenvalue weighted by molar-refractivity contribution is 1.11. The second-order valence-corrected chi connectivity index (χ2v) is 3.32. The molecule has 0 fully saturated rings. The van der Waals surface area contributed by atoms with Gasteiger partial charge in [-0.05, 0) is 18.2 Å². The van der Waals surface area contributed by atoms with E-state index in [-0.39, 0.29) is 0 Å². The van der Waals surface area contributed by atoms with Gasteiger partial charge in [0.2, 0.25) is 4.72 Å². The molecule has 4 heteroatoms. The van der Waals surface area contributed by atoms with E-state index >= 15 is 0 Å². The van der Waals surface area contributed by atoms with E-state index in [9.17, 15) is 0 Å². The van der Waals surface area contributed by atoms with E-state index in [2.05, 4.69) is 14.7 Å². The summed E-state index contributed by atoms with van der Waals surface area (Å²) in [6, 6.07) is 11.4. The Morgan fingerprint density at radius 1 is 0.929 bits per heavy atom. The van der Waals surface area contributed by atoms with E-state index in [4.69, 9.17) is 0 Å². The highest BCUT2D eigenvalue weighted by Gasteiger charge is 2.14. The van der Waals surface area contributed by atoms with E-state index in [1.54, 1.807) is 12.4 Å². The number of rotatable bonds is 3. The van der Waals surface area contributed by atoms with Gasteiger partial charge in [0.25, 0.3) is 11.9 Å². The van der Waals surface area contributed by atoms with Crippen LogP contribution in [0.25, 0.3) is 0 Å². The second kappa shape index (κ2) is 4.74. The summed E-state index contributed by atoms with van der Waals surface area (Å²) in [7, 11) is 0. The Morgan fingerprint density at radius 2 is 1.71 bits per heavy atom. The van der Waals surface area contributed by atoms with Crippen LogP contribution in [0.15, 0.2) is 53.8 Å². The third-order valence-corrected chi connectivity index (χ3v) is 2.23. The predicted molar refractivity (Wildman–Crippen MR) is 56.1 cm³/mol. The molecule has 0 atom stereocenters. The quantitative estimate of drug-likeness (QED) is 0.717. The summed E-state index contributed by atoms with van der Waals surface area (Å²) < 4.78 is 4.22. The van der Waals surface area contributed by atoms with Crippen molar-refractivity contribution < 1.29 is 0 Å². The lowest BCUT2D eigenvalue weighted by Crippen LogP contribution is -1.88. The molecule has 3 nitrogen and oxygen atoms in total. The number of aromatic nitrogens is 2. The van der Waals surface area contributed by atoms with Crippen LogP contribution in [0.1, 0.15) is 0 Å². The minimum absolute atomic E-state index is 0.711. The molecule has 0 amide bonds. The van der Waals surface area contributed by atoms with Crippen LogP contribution in [0.4, 0.5) is 5.82 Å². The third kappa shape index (κ3) is 2.55. The second-order valence-electron chi connectivity index (χ2n) is 2.54. The van der Waals surface area contributed by atoms with Crippen molar-refractivity contribution >= 4 is 17.8 Å². The maximum atomic E-state index is 4.22. The molecule has 0 bridgehead atoms. The minimum atomic E-state index is 0.711. The van der Waals surface area contributed by atoms with Gasteiger partial charge < -0.3 is 0 Å². The number of hydrogen-bond acceptors (Lipinski definition) is 3. The summed E-state index contributed by atoms with van der Waals surface area (Å²) in [4.78, 5) is 8.21. The highest BCUT2D eigenvalue weighted by molar-refractivity contribution is 7.97. The fourth-order valence-corrected chi connectivity index (χ4v) is 1.44. The predicted octanol–water partition coefficient (Wildman–Crippen LogP) is 2.42. The van der Waals surface area contributed by atoms with Crippen molar-refractivity contribution in [3.63, 3.8) is 0 Å². The van der Waals surface area contributed by atoms with Crippen molar-refractivity contribution in [2.24, 2.45) is 0 Å². The average Bonchev–Trinajstić information content (AvgIpc) is 2.29. The Hall–Kier alpha value is -1.39. The highest BCUT2D eigenvalue weighted by Crippen LogP contribution is 2.16. The first kappa shape index (κ1) is 9.18. The molecule has 14 heavy (non-hydrogen) atoms. The Bertz CT molecular complexity index is 338. The van der Waals surface area contributed by atoms with E-state index < -0.39 is 0 Å². The first-order valence-electron chi connectivity index (χ1n) is 4.15. The molecule has 0 N–H and O–H groups in total. The van der Waals surface area contributed by atoms with Crippen LogP contribution in [-0.4, -0.2) is 9.97 Å². The summed E-state index contributed by atoms with van der Waals surface area (Å²) in [5.74, 6) is 0.711. The molecule has 2 aromatic rings. The monoisotopic (exact) mass is 202 g/mol. The summed E-state index contributed by atoms with van der Waals surface area (Å²) in [5, 5.41) is 0.873. The van der Waals surface area contributed by atoms with Crippen LogP contribution in [-0.2, 0) is 0 Å². The van der Waals surface area contributed by atoms with Gasteiger partial charge in [0.15, 0.2) is 5.03 Å². The standard InChI is InChI=1S/C10H8N3S/c1-3-7-11-9(5-1)13-14-10-6-2-4-8-12-10/h1-8H/q+1. The van der Waals surface area contributed by atoms with Gasteiger partial charge in [-0.3, -0.25) is 0 Å². The Labute approximate surface area is 86.7 Å². The largest absolute Gasteiger partial charge is 0.357 e. The number of pyridine rings is 2. The van der Waals surface area contributed by atoms with Crippen molar-refractivity contribution in [1.29, 1.82) is 0 Å². The zero-order valence-corrected chi connectivity index (χ0v) is 8.19. The van der Waals surface area contributed by atoms with Gasteiger partial charge in [0.05, 0.1) is 0 Å². The molecule has 0 saturated carbocycles. The Balaban J connectivity index is 1.96. The Morgan fingerprint density at radius 3 is 2.36 bits per heavy atom. The van der Waals surface area contributed by atoms with E-state index in [0.29, 0.717) is 5.82 Å². The molecule has 2 aromatic heterocycles. The normalized spacial score (nSPS) is 10.0. The molecule has 2 radical (unpaired) electrons. The fraction of sp³-hybridized carbons (Fsp3) is 0. The van der Waals surface area contributed by atoms with Gasteiger partial charge in [-0.2, -0.15) is 4.98 Å². The molecular weight excluding hydrogens is 194 g/mol. The van der Waals surface area contributed by atoms with E-state index in [1.165, 1.54) is 11.9 Å². The minimum Gasteiger partial charge on any atom is -0.244 e. The molecule has 0 aromatic carbocycles. The van der Waals surface area contributed by atoms with Crippen LogP contribution >= 0.6 is 11.9 Å². The number of hydrogen-bond donors (Lipinski definition) is 0. The molecule has 0 aliphatic rings. The number of nitrogens with zero attached hydrogens (tertiary/aromatic N) is 3. The summed E-state index contributed by atoms with van der Waals surface area (Å²) in [6.45, 7) is 0. The zero-order chi connectivity index (χ0) is 9.64. The molecule has 2 rings (SSSR count).